The summed E-state index contributed by atoms with van der Waals surface area (Å²) in [5.41, 5.74) is 0.752. The van der Waals surface area contributed by atoms with Crippen molar-refractivity contribution in [1.82, 2.24) is 9.88 Å². The minimum absolute atomic E-state index is 0.307. The summed E-state index contributed by atoms with van der Waals surface area (Å²) in [6.45, 7) is 3.26. The van der Waals surface area contributed by atoms with Crippen LogP contribution in [-0.2, 0) is 19.1 Å². The normalized spacial score (nSPS) is 12.2. The highest BCUT2D eigenvalue weighted by atomic mass is 19.4. The number of nitrogens with zero attached hydrogens (tertiary/aromatic N) is 1. The molecule has 0 aliphatic carbocycles. The molecule has 2 aromatic rings. The number of rotatable bonds is 5. The van der Waals surface area contributed by atoms with E-state index >= 15 is 0 Å². The molecule has 20 heavy (non-hydrogen) atoms. The number of aryl methyl sites for hydroxylation is 2. The minimum atomic E-state index is -4.31. The van der Waals surface area contributed by atoms with Crippen molar-refractivity contribution in [2.75, 3.05) is 13.6 Å². The lowest BCUT2D eigenvalue weighted by Crippen LogP contribution is -2.08. The molecule has 5 heteroatoms. The van der Waals surface area contributed by atoms with Gasteiger partial charge < -0.3 is 9.88 Å². The Morgan fingerprint density at radius 1 is 1.25 bits per heavy atom. The molecule has 0 amide bonds. The Hall–Kier alpha value is -1.49. The van der Waals surface area contributed by atoms with E-state index in [1.54, 1.807) is 10.6 Å². The fraction of sp³-hybridized carbons (Fsp3) is 0.467. The van der Waals surface area contributed by atoms with Gasteiger partial charge in [-0.05, 0) is 45.0 Å². The number of para-hydroxylation sites is 1. The summed E-state index contributed by atoms with van der Waals surface area (Å²) in [7, 11) is 1.87. The van der Waals surface area contributed by atoms with Crippen molar-refractivity contribution in [2.24, 2.45) is 0 Å². The molecule has 2 rings (SSSR count). The molecule has 1 N–H and O–H groups in total. The molecule has 0 spiro atoms. The van der Waals surface area contributed by atoms with E-state index in [4.69, 9.17) is 0 Å². The molecule has 1 aromatic heterocycles. The lowest BCUT2D eigenvalue weighted by molar-refractivity contribution is -0.136. The molecule has 0 bridgehead atoms. The molecule has 0 aliphatic heterocycles. The second-order valence-electron chi connectivity index (χ2n) is 4.85. The molecule has 0 atom stereocenters. The molecule has 0 aliphatic rings. The molecular weight excluding hydrogens is 265 g/mol. The van der Waals surface area contributed by atoms with Gasteiger partial charge in [0.2, 0.25) is 0 Å². The summed E-state index contributed by atoms with van der Waals surface area (Å²) in [6.07, 6.45) is -0.760. The highest BCUT2D eigenvalue weighted by Crippen LogP contribution is 2.36. The number of benzene rings is 1. The maximum atomic E-state index is 13.1. The summed E-state index contributed by atoms with van der Waals surface area (Å²) in [6, 6.07) is 4.43. The topological polar surface area (TPSA) is 17.0 Å². The van der Waals surface area contributed by atoms with Crippen LogP contribution in [0.5, 0.6) is 0 Å². The fourth-order valence-electron chi connectivity index (χ4n) is 2.57. The quantitative estimate of drug-likeness (QED) is 0.826. The Morgan fingerprint density at radius 2 is 2.00 bits per heavy atom. The second kappa shape index (κ2) is 5.87. The number of alkyl halides is 3. The zero-order chi connectivity index (χ0) is 14.8. The second-order valence-corrected chi connectivity index (χ2v) is 4.85. The van der Waals surface area contributed by atoms with Crippen LogP contribution < -0.4 is 5.32 Å². The van der Waals surface area contributed by atoms with Crippen molar-refractivity contribution in [3.05, 3.63) is 35.5 Å². The largest absolute Gasteiger partial charge is 0.418 e. The Balaban J connectivity index is 2.52. The summed E-state index contributed by atoms with van der Waals surface area (Å²) in [4.78, 5) is 0. The summed E-state index contributed by atoms with van der Waals surface area (Å²) in [5.74, 6) is 0. The number of aromatic nitrogens is 1. The van der Waals surface area contributed by atoms with Crippen molar-refractivity contribution in [3.8, 4) is 0 Å². The molecule has 1 heterocycles. The van der Waals surface area contributed by atoms with Gasteiger partial charge in [0.05, 0.1) is 11.1 Å². The molecule has 0 radical (unpaired) electrons. The Bertz CT molecular complexity index is 585. The third-order valence-electron chi connectivity index (χ3n) is 3.50. The van der Waals surface area contributed by atoms with Gasteiger partial charge in [0.25, 0.3) is 0 Å². The van der Waals surface area contributed by atoms with Gasteiger partial charge in [-0.1, -0.05) is 12.1 Å². The average molecular weight is 284 g/mol. The van der Waals surface area contributed by atoms with E-state index in [0.717, 1.165) is 36.4 Å². The standard InChI is InChI=1S/C15H19F3N2/c1-3-20-10-11(6-5-9-19-2)12-7-4-8-13(14(12)20)15(16,17)18/h4,7-8,10,19H,3,5-6,9H2,1-2H3. The Kier molecular flexibility index (Phi) is 4.38. The first-order valence-electron chi connectivity index (χ1n) is 6.81. The molecule has 0 unspecified atom stereocenters. The number of fused-ring (bicyclic) bond motifs is 1. The van der Waals surface area contributed by atoms with Crippen molar-refractivity contribution >= 4 is 10.9 Å². The molecule has 1 aromatic carbocycles. The highest BCUT2D eigenvalue weighted by Gasteiger charge is 2.34. The van der Waals surface area contributed by atoms with Gasteiger partial charge in [-0.15, -0.1) is 0 Å². The van der Waals surface area contributed by atoms with Crippen molar-refractivity contribution in [1.29, 1.82) is 0 Å². The molecular formula is C15H19F3N2. The van der Waals surface area contributed by atoms with E-state index < -0.39 is 11.7 Å². The predicted octanol–water partition coefficient (Wildman–Crippen LogP) is 3.83. The van der Waals surface area contributed by atoms with E-state index in [0.29, 0.717) is 12.1 Å². The van der Waals surface area contributed by atoms with Crippen LogP contribution in [0.15, 0.2) is 24.4 Å². The third kappa shape index (κ3) is 2.82. The van der Waals surface area contributed by atoms with Crippen molar-refractivity contribution in [2.45, 2.75) is 32.5 Å². The van der Waals surface area contributed by atoms with Crippen LogP contribution >= 0.6 is 0 Å². The summed E-state index contributed by atoms with van der Waals surface area (Å²) in [5, 5.41) is 3.78. The van der Waals surface area contributed by atoms with Crippen molar-refractivity contribution in [3.63, 3.8) is 0 Å². The van der Waals surface area contributed by atoms with Crippen LogP contribution in [-0.4, -0.2) is 18.2 Å². The minimum Gasteiger partial charge on any atom is -0.347 e. The van der Waals surface area contributed by atoms with Crippen molar-refractivity contribution < 1.29 is 13.2 Å². The van der Waals surface area contributed by atoms with Crippen LogP contribution in [0.1, 0.15) is 24.5 Å². The van der Waals surface area contributed by atoms with E-state index in [1.165, 1.54) is 6.07 Å². The van der Waals surface area contributed by atoms with E-state index in [1.807, 2.05) is 20.2 Å². The van der Waals surface area contributed by atoms with Gasteiger partial charge >= 0.3 is 6.18 Å². The SMILES string of the molecule is CCn1cc(CCCNC)c2cccc(C(F)(F)F)c21. The molecule has 110 valence electrons. The summed E-state index contributed by atoms with van der Waals surface area (Å²) >= 11 is 0. The Morgan fingerprint density at radius 3 is 2.60 bits per heavy atom. The first-order valence-corrected chi connectivity index (χ1v) is 6.81. The van der Waals surface area contributed by atoms with Crippen LogP contribution in [0.2, 0.25) is 0 Å². The van der Waals surface area contributed by atoms with Crippen LogP contribution in [0, 0.1) is 0 Å². The van der Waals surface area contributed by atoms with Gasteiger partial charge in [0, 0.05) is 18.1 Å². The number of halogens is 3. The van der Waals surface area contributed by atoms with Crippen LogP contribution in [0.25, 0.3) is 10.9 Å². The smallest absolute Gasteiger partial charge is 0.347 e. The first-order chi connectivity index (χ1) is 9.49. The predicted molar refractivity (Wildman–Crippen MR) is 74.9 cm³/mol. The molecule has 2 nitrogen and oxygen atoms in total. The van der Waals surface area contributed by atoms with Gasteiger partial charge in [0.15, 0.2) is 0 Å². The van der Waals surface area contributed by atoms with Gasteiger partial charge in [0.1, 0.15) is 0 Å². The number of hydrogen-bond donors (Lipinski definition) is 1. The first kappa shape index (κ1) is 14.9. The van der Waals surface area contributed by atoms with Crippen LogP contribution in [0.3, 0.4) is 0 Å². The zero-order valence-electron chi connectivity index (χ0n) is 11.7. The lowest BCUT2D eigenvalue weighted by atomic mass is 10.1. The third-order valence-corrected chi connectivity index (χ3v) is 3.50. The zero-order valence-corrected chi connectivity index (χ0v) is 11.7. The van der Waals surface area contributed by atoms with Gasteiger partial charge in [-0.25, -0.2) is 0 Å². The molecule has 0 saturated heterocycles. The fourth-order valence-corrected chi connectivity index (χ4v) is 2.57. The van der Waals surface area contributed by atoms with Gasteiger partial charge in [-0.3, -0.25) is 0 Å². The Labute approximate surface area is 116 Å². The number of nitrogens with one attached hydrogen (secondary N) is 1. The summed E-state index contributed by atoms with van der Waals surface area (Å²) < 4.78 is 41.1. The maximum absolute atomic E-state index is 13.1. The average Bonchev–Trinajstić information content (AvgIpc) is 2.76. The monoisotopic (exact) mass is 284 g/mol. The van der Waals surface area contributed by atoms with E-state index in [-0.39, 0.29) is 0 Å². The van der Waals surface area contributed by atoms with Gasteiger partial charge in [-0.2, -0.15) is 13.2 Å². The highest BCUT2D eigenvalue weighted by molar-refractivity contribution is 5.87. The lowest BCUT2D eigenvalue weighted by Gasteiger charge is -2.11. The number of hydrogen-bond acceptors (Lipinski definition) is 1. The maximum Gasteiger partial charge on any atom is 0.418 e. The van der Waals surface area contributed by atoms with E-state index in [9.17, 15) is 13.2 Å². The molecule has 0 fully saturated rings. The van der Waals surface area contributed by atoms with Crippen LogP contribution in [0.4, 0.5) is 13.2 Å². The van der Waals surface area contributed by atoms with E-state index in [2.05, 4.69) is 5.32 Å². The molecule has 0 saturated carbocycles.